The molecule has 0 saturated heterocycles. The highest BCUT2D eigenvalue weighted by atomic mass is 35.5. The fourth-order valence-electron chi connectivity index (χ4n) is 3.25. The lowest BCUT2D eigenvalue weighted by Crippen LogP contribution is -2.27. The Labute approximate surface area is 161 Å². The first-order valence-electron chi connectivity index (χ1n) is 8.52. The average molecular weight is 396 g/mol. The quantitative estimate of drug-likeness (QED) is 0.539. The van der Waals surface area contributed by atoms with Crippen LogP contribution in [0, 0.1) is 6.92 Å². The molecule has 0 amide bonds. The first kappa shape index (κ1) is 19.6. The van der Waals surface area contributed by atoms with Gasteiger partial charge in [-0.1, -0.05) is 11.6 Å². The van der Waals surface area contributed by atoms with Crippen LogP contribution < -0.4 is 4.74 Å². The normalized spacial score (nSPS) is 18.2. The van der Waals surface area contributed by atoms with Gasteiger partial charge in [-0.2, -0.15) is 0 Å². The second-order valence-corrected chi connectivity index (χ2v) is 7.21. The third-order valence-electron chi connectivity index (χ3n) is 4.68. The van der Waals surface area contributed by atoms with Crippen LogP contribution in [0.2, 0.25) is 5.15 Å². The van der Waals surface area contributed by atoms with Crippen molar-refractivity contribution < 1.29 is 18.3 Å². The summed E-state index contributed by atoms with van der Waals surface area (Å²) in [7, 11) is 0. The molecule has 3 heterocycles. The number of pyridine rings is 2. The monoisotopic (exact) mass is 395 g/mol. The molecular weight excluding hydrogens is 376 g/mol. The highest BCUT2D eigenvalue weighted by Crippen LogP contribution is 2.40. The van der Waals surface area contributed by atoms with E-state index in [1.54, 1.807) is 25.4 Å². The van der Waals surface area contributed by atoms with Gasteiger partial charge in [0, 0.05) is 43.0 Å². The number of rotatable bonds is 6. The number of aromatic nitrogens is 2. The fraction of sp³-hybridized carbons (Fsp3) is 0.421. The Morgan fingerprint density at radius 2 is 2.22 bits per heavy atom. The van der Waals surface area contributed by atoms with Gasteiger partial charge < -0.3 is 9.53 Å². The topological polar surface area (TPSA) is 55.3 Å². The Balaban J connectivity index is 1.82. The van der Waals surface area contributed by atoms with Gasteiger partial charge in [-0.05, 0) is 37.1 Å². The summed E-state index contributed by atoms with van der Waals surface area (Å²) in [5.74, 6) is -2.75. The van der Waals surface area contributed by atoms with Crippen molar-refractivity contribution in [2.24, 2.45) is 0 Å². The fourth-order valence-corrected chi connectivity index (χ4v) is 3.48. The minimum atomic E-state index is -2.92. The van der Waals surface area contributed by atoms with Crippen LogP contribution in [0.15, 0.2) is 24.5 Å². The predicted octanol–water partition coefficient (Wildman–Crippen LogP) is 4.29. The van der Waals surface area contributed by atoms with E-state index in [2.05, 4.69) is 9.97 Å². The summed E-state index contributed by atoms with van der Waals surface area (Å²) in [6.07, 6.45) is 4.07. The zero-order valence-electron chi connectivity index (χ0n) is 15.2. The number of halogens is 3. The number of alkyl halides is 2. The highest BCUT2D eigenvalue weighted by molar-refractivity contribution is 6.30. The molecule has 2 aromatic rings. The number of nitrogens with zero attached hydrogens (tertiary/aromatic N) is 3. The Morgan fingerprint density at radius 1 is 1.48 bits per heavy atom. The maximum Gasteiger partial charge on any atom is 0.278 e. The second-order valence-electron chi connectivity index (χ2n) is 6.85. The lowest BCUT2D eigenvalue weighted by Gasteiger charge is -2.28. The molecule has 144 valence electrons. The maximum absolute atomic E-state index is 13.0. The number of ether oxygens (including phenoxy) is 1. The zero-order valence-corrected chi connectivity index (χ0v) is 16.0. The van der Waals surface area contributed by atoms with Crippen molar-refractivity contribution in [2.75, 3.05) is 6.61 Å². The molecule has 0 radical (unpaired) electrons. The molecule has 0 N–H and O–H groups in total. The number of carbonyl (C=O) groups excluding carboxylic acids is 1. The molecule has 0 aromatic carbocycles. The van der Waals surface area contributed by atoms with Gasteiger partial charge in [0.15, 0.2) is 6.61 Å². The van der Waals surface area contributed by atoms with Crippen molar-refractivity contribution in [1.82, 2.24) is 14.9 Å². The molecule has 2 atom stereocenters. The summed E-state index contributed by atoms with van der Waals surface area (Å²) in [5, 5.41) is 0.396. The molecule has 0 saturated carbocycles. The summed E-state index contributed by atoms with van der Waals surface area (Å²) >= 11 is 6.18. The summed E-state index contributed by atoms with van der Waals surface area (Å²) in [5.41, 5.74) is 3.21. The molecule has 1 aliphatic rings. The van der Waals surface area contributed by atoms with Crippen molar-refractivity contribution in [2.45, 2.75) is 45.3 Å². The third kappa shape index (κ3) is 4.09. The summed E-state index contributed by atoms with van der Waals surface area (Å²) in [6, 6.07) is 3.08. The lowest BCUT2D eigenvalue weighted by atomic mass is 10.0. The van der Waals surface area contributed by atoms with Crippen molar-refractivity contribution >= 4 is 17.9 Å². The van der Waals surface area contributed by atoms with Gasteiger partial charge in [0.25, 0.3) is 5.92 Å². The van der Waals surface area contributed by atoms with Crippen LogP contribution in [0.25, 0.3) is 0 Å². The highest BCUT2D eigenvalue weighted by Gasteiger charge is 2.35. The molecule has 2 unspecified atom stereocenters. The molecule has 8 heteroatoms. The Bertz CT molecular complexity index is 857. The van der Waals surface area contributed by atoms with Crippen molar-refractivity contribution in [3.8, 4) is 5.88 Å². The van der Waals surface area contributed by atoms with E-state index in [1.165, 1.54) is 0 Å². The molecular formula is C19H20ClF2N3O2. The number of hydrogen-bond donors (Lipinski definition) is 0. The smallest absolute Gasteiger partial charge is 0.278 e. The molecule has 0 spiro atoms. The van der Waals surface area contributed by atoms with Crippen molar-refractivity contribution in [3.05, 3.63) is 51.9 Å². The van der Waals surface area contributed by atoms with Gasteiger partial charge in [-0.15, -0.1) is 0 Å². The Morgan fingerprint density at radius 3 is 2.85 bits per heavy atom. The van der Waals surface area contributed by atoms with Crippen LogP contribution in [0.3, 0.4) is 0 Å². The first-order chi connectivity index (χ1) is 12.7. The predicted molar refractivity (Wildman–Crippen MR) is 97.1 cm³/mol. The van der Waals surface area contributed by atoms with Crippen LogP contribution >= 0.6 is 11.6 Å². The van der Waals surface area contributed by atoms with E-state index in [4.69, 9.17) is 16.3 Å². The molecule has 0 aliphatic carbocycles. The summed E-state index contributed by atoms with van der Waals surface area (Å²) < 4.78 is 31.1. The van der Waals surface area contributed by atoms with E-state index in [0.29, 0.717) is 17.3 Å². The van der Waals surface area contributed by atoms with Crippen LogP contribution in [-0.2, 0) is 11.3 Å². The molecule has 1 aliphatic heterocycles. The first-order valence-corrected chi connectivity index (χ1v) is 8.90. The van der Waals surface area contributed by atoms with Crippen LogP contribution in [0.4, 0.5) is 8.78 Å². The minimum Gasteiger partial charge on any atom is -0.471 e. The lowest BCUT2D eigenvalue weighted by molar-refractivity contribution is -0.113. The molecule has 2 aromatic heterocycles. The van der Waals surface area contributed by atoms with Gasteiger partial charge in [-0.3, -0.25) is 4.90 Å². The van der Waals surface area contributed by atoms with Gasteiger partial charge in [0.1, 0.15) is 11.4 Å². The molecule has 27 heavy (non-hydrogen) atoms. The molecule has 0 bridgehead atoms. The number of aldehydes is 1. The van der Waals surface area contributed by atoms with Crippen molar-refractivity contribution in [1.29, 1.82) is 0 Å². The minimum absolute atomic E-state index is 0.142. The SMILES string of the molecule is Cc1cc(C(C)N2Cc3c(ccnc3Cl)C2C=O)cnc1OCC(C)(F)F. The largest absolute Gasteiger partial charge is 0.471 e. The maximum atomic E-state index is 13.0. The van der Waals surface area contributed by atoms with Crippen LogP contribution in [0.5, 0.6) is 5.88 Å². The van der Waals surface area contributed by atoms with Crippen LogP contribution in [0.1, 0.15) is 48.2 Å². The van der Waals surface area contributed by atoms with E-state index in [9.17, 15) is 13.6 Å². The number of aryl methyl sites for hydroxylation is 1. The standard InChI is InChI=1S/C19H20ClF2N3O2/c1-11-6-13(7-24-18(11)27-10-19(3,21)22)12(2)25-8-15-14(16(25)9-26)4-5-23-17(15)20/h4-7,9,12,16H,8,10H2,1-3H3. The van der Waals surface area contributed by atoms with E-state index in [1.807, 2.05) is 17.9 Å². The van der Waals surface area contributed by atoms with Gasteiger partial charge in [0.2, 0.25) is 5.88 Å². The average Bonchev–Trinajstić information content (AvgIpc) is 2.99. The number of fused-ring (bicyclic) bond motifs is 1. The molecule has 0 fully saturated rings. The van der Waals surface area contributed by atoms with E-state index >= 15 is 0 Å². The van der Waals surface area contributed by atoms with Crippen LogP contribution in [-0.4, -0.2) is 33.7 Å². The summed E-state index contributed by atoms with van der Waals surface area (Å²) in [4.78, 5) is 22.0. The Kier molecular flexibility index (Phi) is 5.44. The van der Waals surface area contributed by atoms with E-state index in [-0.39, 0.29) is 11.9 Å². The van der Waals surface area contributed by atoms with E-state index in [0.717, 1.165) is 29.9 Å². The summed E-state index contributed by atoms with van der Waals surface area (Å²) in [6.45, 7) is 4.27. The number of carbonyl (C=O) groups is 1. The van der Waals surface area contributed by atoms with Gasteiger partial charge in [-0.25, -0.2) is 18.7 Å². The molecule has 3 rings (SSSR count). The zero-order chi connectivity index (χ0) is 19.8. The second kappa shape index (κ2) is 7.48. The number of hydrogen-bond acceptors (Lipinski definition) is 5. The van der Waals surface area contributed by atoms with Crippen molar-refractivity contribution in [3.63, 3.8) is 0 Å². The Hall–Kier alpha value is -2.12. The van der Waals surface area contributed by atoms with Gasteiger partial charge in [0.05, 0.1) is 6.04 Å². The third-order valence-corrected chi connectivity index (χ3v) is 5.00. The molecule has 5 nitrogen and oxygen atoms in total. The van der Waals surface area contributed by atoms with E-state index < -0.39 is 18.6 Å². The van der Waals surface area contributed by atoms with Gasteiger partial charge >= 0.3 is 0 Å².